The lowest BCUT2D eigenvalue weighted by molar-refractivity contribution is 0.0930. The minimum absolute atomic E-state index is 0.0495. The van der Waals surface area contributed by atoms with Gasteiger partial charge in [-0.2, -0.15) is 0 Å². The highest BCUT2D eigenvalue weighted by molar-refractivity contribution is 9.10. The predicted octanol–water partition coefficient (Wildman–Crippen LogP) is 4.61. The van der Waals surface area contributed by atoms with Crippen LogP contribution in [0.5, 0.6) is 0 Å². The van der Waals surface area contributed by atoms with E-state index in [1.807, 2.05) is 12.1 Å². The van der Waals surface area contributed by atoms with Crippen LogP contribution in [-0.4, -0.2) is 5.91 Å². The standard InChI is InChI=1S/C15H14BrNOS2/c16-9-4-5-11(13(19)8-9)15(18)17-12-2-1-3-14-10(12)6-7-20-14/h4-8,12,19H,1-3H2,(H,17,18). The molecular weight excluding hydrogens is 354 g/mol. The molecule has 104 valence electrons. The number of benzene rings is 1. The molecule has 1 aromatic heterocycles. The maximum absolute atomic E-state index is 12.4. The average molecular weight is 368 g/mol. The van der Waals surface area contributed by atoms with Crippen molar-refractivity contribution in [1.29, 1.82) is 0 Å². The molecule has 1 aliphatic rings. The van der Waals surface area contributed by atoms with Gasteiger partial charge in [0, 0.05) is 14.2 Å². The number of thiol groups is 1. The normalized spacial score (nSPS) is 17.6. The molecule has 3 rings (SSSR count). The van der Waals surface area contributed by atoms with Gasteiger partial charge in [0.1, 0.15) is 0 Å². The van der Waals surface area contributed by atoms with Crippen molar-refractivity contribution >= 4 is 45.8 Å². The van der Waals surface area contributed by atoms with Crippen molar-refractivity contribution in [3.8, 4) is 0 Å². The molecule has 0 radical (unpaired) electrons. The Balaban J connectivity index is 1.81. The van der Waals surface area contributed by atoms with Crippen LogP contribution in [0.2, 0.25) is 0 Å². The molecule has 5 heteroatoms. The van der Waals surface area contributed by atoms with E-state index in [-0.39, 0.29) is 11.9 Å². The number of rotatable bonds is 2. The van der Waals surface area contributed by atoms with E-state index in [1.54, 1.807) is 17.4 Å². The van der Waals surface area contributed by atoms with Gasteiger partial charge in [0.2, 0.25) is 0 Å². The zero-order chi connectivity index (χ0) is 14.1. The number of thiophene rings is 1. The Morgan fingerprint density at radius 1 is 1.40 bits per heavy atom. The van der Waals surface area contributed by atoms with Crippen molar-refractivity contribution in [2.45, 2.75) is 30.2 Å². The van der Waals surface area contributed by atoms with Crippen molar-refractivity contribution < 1.29 is 4.79 Å². The van der Waals surface area contributed by atoms with Gasteiger partial charge in [0.15, 0.2) is 0 Å². The topological polar surface area (TPSA) is 29.1 Å². The number of carbonyl (C=O) groups excluding carboxylic acids is 1. The quantitative estimate of drug-likeness (QED) is 0.745. The fourth-order valence-electron chi connectivity index (χ4n) is 2.57. The Labute approximate surface area is 136 Å². The molecule has 1 atom stereocenters. The van der Waals surface area contributed by atoms with E-state index in [0.29, 0.717) is 10.5 Å². The van der Waals surface area contributed by atoms with Crippen LogP contribution in [0.1, 0.15) is 39.7 Å². The highest BCUT2D eigenvalue weighted by atomic mass is 79.9. The van der Waals surface area contributed by atoms with Gasteiger partial charge < -0.3 is 5.32 Å². The second kappa shape index (κ2) is 5.92. The SMILES string of the molecule is O=C(NC1CCCc2sccc21)c1ccc(Br)cc1S. The van der Waals surface area contributed by atoms with E-state index >= 15 is 0 Å². The van der Waals surface area contributed by atoms with Gasteiger partial charge in [-0.25, -0.2) is 0 Å². The lowest BCUT2D eigenvalue weighted by atomic mass is 9.94. The minimum Gasteiger partial charge on any atom is -0.345 e. The first-order valence-corrected chi connectivity index (χ1v) is 8.63. The van der Waals surface area contributed by atoms with Gasteiger partial charge >= 0.3 is 0 Å². The van der Waals surface area contributed by atoms with Gasteiger partial charge in [-0.15, -0.1) is 24.0 Å². The number of aryl methyl sites for hydroxylation is 1. The third-order valence-electron chi connectivity index (χ3n) is 3.56. The number of hydrogen-bond donors (Lipinski definition) is 2. The van der Waals surface area contributed by atoms with E-state index in [2.05, 4.69) is 45.3 Å². The molecule has 1 heterocycles. The van der Waals surface area contributed by atoms with Crippen molar-refractivity contribution in [2.24, 2.45) is 0 Å². The summed E-state index contributed by atoms with van der Waals surface area (Å²) in [5.41, 5.74) is 1.91. The molecule has 1 unspecified atom stereocenters. The van der Waals surface area contributed by atoms with Gasteiger partial charge in [-0.1, -0.05) is 15.9 Å². The smallest absolute Gasteiger partial charge is 0.252 e. The van der Waals surface area contributed by atoms with Gasteiger partial charge in [-0.3, -0.25) is 4.79 Å². The van der Waals surface area contributed by atoms with Crippen LogP contribution in [0.3, 0.4) is 0 Å². The van der Waals surface area contributed by atoms with Crippen LogP contribution in [-0.2, 0) is 6.42 Å². The van der Waals surface area contributed by atoms with Gasteiger partial charge in [0.05, 0.1) is 11.6 Å². The summed E-state index contributed by atoms with van der Waals surface area (Å²) in [6.07, 6.45) is 3.27. The lowest BCUT2D eigenvalue weighted by Crippen LogP contribution is -2.30. The van der Waals surface area contributed by atoms with Gasteiger partial charge in [-0.05, 0) is 54.5 Å². The maximum atomic E-state index is 12.4. The maximum Gasteiger partial charge on any atom is 0.252 e. The predicted molar refractivity (Wildman–Crippen MR) is 88.9 cm³/mol. The van der Waals surface area contributed by atoms with E-state index in [1.165, 1.54) is 10.4 Å². The Kier molecular flexibility index (Phi) is 4.19. The average Bonchev–Trinajstić information content (AvgIpc) is 2.87. The molecule has 2 nitrogen and oxygen atoms in total. The summed E-state index contributed by atoms with van der Waals surface area (Å²) < 4.78 is 0.928. The first-order chi connectivity index (χ1) is 9.65. The van der Waals surface area contributed by atoms with Crippen LogP contribution >= 0.6 is 39.9 Å². The largest absolute Gasteiger partial charge is 0.345 e. The molecule has 20 heavy (non-hydrogen) atoms. The number of nitrogens with one attached hydrogen (secondary N) is 1. The molecule has 1 aromatic carbocycles. The highest BCUT2D eigenvalue weighted by Crippen LogP contribution is 2.33. The molecular formula is C15H14BrNOS2. The zero-order valence-corrected chi connectivity index (χ0v) is 14.0. The molecule has 0 aliphatic heterocycles. The summed E-state index contributed by atoms with van der Waals surface area (Å²) in [7, 11) is 0. The third kappa shape index (κ3) is 2.80. The van der Waals surface area contributed by atoms with E-state index < -0.39 is 0 Å². The third-order valence-corrected chi connectivity index (χ3v) is 5.42. The zero-order valence-electron chi connectivity index (χ0n) is 10.7. The van der Waals surface area contributed by atoms with Gasteiger partial charge in [0.25, 0.3) is 5.91 Å². The summed E-state index contributed by atoms with van der Waals surface area (Å²) in [4.78, 5) is 14.5. The number of fused-ring (bicyclic) bond motifs is 1. The Hall–Kier alpha value is -0.780. The number of amides is 1. The first kappa shape index (κ1) is 14.2. The Bertz CT molecular complexity index is 653. The summed E-state index contributed by atoms with van der Waals surface area (Å²) in [5, 5.41) is 5.25. The van der Waals surface area contributed by atoms with Crippen LogP contribution in [0, 0.1) is 0 Å². The van der Waals surface area contributed by atoms with Crippen LogP contribution in [0.15, 0.2) is 39.0 Å². The number of carbonyl (C=O) groups is 1. The summed E-state index contributed by atoms with van der Waals surface area (Å²) in [6.45, 7) is 0. The fourth-order valence-corrected chi connectivity index (χ4v) is 4.41. The number of halogens is 1. The van der Waals surface area contributed by atoms with E-state index in [9.17, 15) is 4.79 Å². The van der Waals surface area contributed by atoms with Crippen molar-refractivity contribution in [3.63, 3.8) is 0 Å². The highest BCUT2D eigenvalue weighted by Gasteiger charge is 2.23. The van der Waals surface area contributed by atoms with Crippen molar-refractivity contribution in [1.82, 2.24) is 5.32 Å². The molecule has 1 N–H and O–H groups in total. The second-order valence-electron chi connectivity index (χ2n) is 4.88. The molecule has 0 spiro atoms. The molecule has 0 saturated heterocycles. The lowest BCUT2D eigenvalue weighted by Gasteiger charge is -2.24. The summed E-state index contributed by atoms with van der Waals surface area (Å²) in [5.74, 6) is -0.0495. The molecule has 2 aromatic rings. The molecule has 0 fully saturated rings. The van der Waals surface area contributed by atoms with Crippen LogP contribution in [0.25, 0.3) is 0 Å². The molecule has 0 saturated carbocycles. The van der Waals surface area contributed by atoms with Crippen LogP contribution < -0.4 is 5.32 Å². The summed E-state index contributed by atoms with van der Waals surface area (Å²) in [6, 6.07) is 7.78. The summed E-state index contributed by atoms with van der Waals surface area (Å²) >= 11 is 9.54. The second-order valence-corrected chi connectivity index (χ2v) is 7.28. The Morgan fingerprint density at radius 2 is 2.25 bits per heavy atom. The first-order valence-electron chi connectivity index (χ1n) is 6.51. The molecule has 0 bridgehead atoms. The molecule has 1 aliphatic carbocycles. The fraction of sp³-hybridized carbons (Fsp3) is 0.267. The number of hydrogen-bond acceptors (Lipinski definition) is 3. The van der Waals surface area contributed by atoms with E-state index in [0.717, 1.165) is 23.7 Å². The Morgan fingerprint density at radius 3 is 3.05 bits per heavy atom. The van der Waals surface area contributed by atoms with E-state index in [4.69, 9.17) is 0 Å². The molecule has 1 amide bonds. The van der Waals surface area contributed by atoms with Crippen molar-refractivity contribution in [3.05, 3.63) is 50.1 Å². The van der Waals surface area contributed by atoms with Crippen LogP contribution in [0.4, 0.5) is 0 Å². The van der Waals surface area contributed by atoms with Crippen molar-refractivity contribution in [2.75, 3.05) is 0 Å². The monoisotopic (exact) mass is 367 g/mol. The minimum atomic E-state index is -0.0495.